The molecular weight excluding hydrogens is 350 g/mol. The number of aromatic nitrogens is 1. The van der Waals surface area contributed by atoms with Crippen LogP contribution in [-0.4, -0.2) is 17.4 Å². The highest BCUT2D eigenvalue weighted by molar-refractivity contribution is 7.23. The highest BCUT2D eigenvalue weighted by atomic mass is 35.5. The van der Waals surface area contributed by atoms with Gasteiger partial charge in [0.05, 0.1) is 15.2 Å². The highest BCUT2D eigenvalue weighted by Gasteiger charge is 2.24. The van der Waals surface area contributed by atoms with Crippen molar-refractivity contribution in [2.75, 3.05) is 11.9 Å². The first-order valence-electron chi connectivity index (χ1n) is 7.32. The Hall–Kier alpha value is -1.47. The van der Waals surface area contributed by atoms with Crippen molar-refractivity contribution in [2.24, 2.45) is 0 Å². The zero-order valence-electron chi connectivity index (χ0n) is 12.4. The van der Waals surface area contributed by atoms with E-state index in [2.05, 4.69) is 10.6 Å². The van der Waals surface area contributed by atoms with Crippen molar-refractivity contribution in [1.82, 2.24) is 10.3 Å². The molecule has 0 unspecified atom stereocenters. The van der Waals surface area contributed by atoms with E-state index in [-0.39, 0.29) is 5.91 Å². The Morgan fingerprint density at radius 2 is 2.26 bits per heavy atom. The van der Waals surface area contributed by atoms with E-state index in [1.165, 1.54) is 17.4 Å². The number of rotatable bonds is 2. The number of nitrogens with one attached hydrogen (secondary N) is 2. The summed E-state index contributed by atoms with van der Waals surface area (Å²) in [6.07, 6.45) is 0.949. The Bertz CT molecular complexity index is 916. The number of hydrogen-bond acceptors (Lipinski definition) is 5. The van der Waals surface area contributed by atoms with Crippen LogP contribution in [0, 0.1) is 0 Å². The minimum atomic E-state index is -0.0584. The number of benzene rings is 1. The summed E-state index contributed by atoms with van der Waals surface area (Å²) in [6.45, 7) is 3.33. The molecule has 0 saturated heterocycles. The minimum absolute atomic E-state index is 0.0584. The molecule has 0 atom stereocenters. The quantitative estimate of drug-likeness (QED) is 0.714. The summed E-state index contributed by atoms with van der Waals surface area (Å²) in [5.41, 5.74) is 3.27. The Balaban J connectivity index is 1.93. The highest BCUT2D eigenvalue weighted by Crippen LogP contribution is 2.45. The van der Waals surface area contributed by atoms with Crippen LogP contribution < -0.4 is 10.6 Å². The number of halogens is 1. The fraction of sp³-hybridized carbons (Fsp3) is 0.250. The van der Waals surface area contributed by atoms with Crippen molar-refractivity contribution in [3.05, 3.63) is 33.7 Å². The van der Waals surface area contributed by atoms with Gasteiger partial charge < -0.3 is 10.6 Å². The van der Waals surface area contributed by atoms with Crippen LogP contribution >= 0.6 is 34.3 Å². The number of thiophene rings is 1. The summed E-state index contributed by atoms with van der Waals surface area (Å²) in [6, 6.07) is 5.77. The second-order valence-electron chi connectivity index (χ2n) is 5.42. The summed E-state index contributed by atoms with van der Waals surface area (Å²) < 4.78 is 0.992. The molecule has 3 heterocycles. The molecule has 118 valence electrons. The van der Waals surface area contributed by atoms with E-state index in [1.54, 1.807) is 22.7 Å². The second kappa shape index (κ2) is 5.87. The van der Waals surface area contributed by atoms with Crippen LogP contribution in [0.3, 0.4) is 0 Å². The molecule has 0 aliphatic carbocycles. The van der Waals surface area contributed by atoms with Crippen molar-refractivity contribution in [1.29, 1.82) is 0 Å². The molecule has 0 radical (unpaired) electrons. The molecular formula is C16H14ClN3OS2. The zero-order valence-corrected chi connectivity index (χ0v) is 14.8. The van der Waals surface area contributed by atoms with Gasteiger partial charge in [-0.25, -0.2) is 4.98 Å². The fourth-order valence-corrected chi connectivity index (χ4v) is 5.49. The van der Waals surface area contributed by atoms with Crippen LogP contribution in [-0.2, 0) is 17.8 Å². The summed E-state index contributed by atoms with van der Waals surface area (Å²) in [5, 5.41) is 8.89. The predicted octanol–water partition coefficient (Wildman–Crippen LogP) is 4.28. The second-order valence-corrected chi connectivity index (χ2v) is 7.93. The summed E-state index contributed by atoms with van der Waals surface area (Å²) >= 11 is 9.52. The Kier molecular flexibility index (Phi) is 3.85. The van der Waals surface area contributed by atoms with Crippen molar-refractivity contribution in [3.63, 3.8) is 0 Å². The van der Waals surface area contributed by atoms with Gasteiger partial charge >= 0.3 is 0 Å². The lowest BCUT2D eigenvalue weighted by atomic mass is 10.0. The molecule has 4 nitrogen and oxygen atoms in total. The van der Waals surface area contributed by atoms with Crippen LogP contribution in [0.25, 0.3) is 20.8 Å². The molecule has 2 aromatic heterocycles. The van der Waals surface area contributed by atoms with Gasteiger partial charge in [0.25, 0.3) is 0 Å². The van der Waals surface area contributed by atoms with Crippen LogP contribution in [0.1, 0.15) is 17.4 Å². The van der Waals surface area contributed by atoms with E-state index >= 15 is 0 Å². The van der Waals surface area contributed by atoms with E-state index in [0.717, 1.165) is 50.3 Å². The van der Waals surface area contributed by atoms with E-state index in [1.807, 2.05) is 18.2 Å². The van der Waals surface area contributed by atoms with E-state index < -0.39 is 0 Å². The SMILES string of the molecule is CC(=O)Nc1sc2c(c1-c1nc3cccc(Cl)c3s1)CCNC2. The number of carbonyl (C=O) groups excluding carboxylic acids is 1. The predicted molar refractivity (Wildman–Crippen MR) is 97.7 cm³/mol. The van der Waals surface area contributed by atoms with E-state index in [4.69, 9.17) is 16.6 Å². The topological polar surface area (TPSA) is 54.0 Å². The maximum Gasteiger partial charge on any atom is 0.221 e. The van der Waals surface area contributed by atoms with Gasteiger partial charge in [-0.3, -0.25) is 4.79 Å². The Labute approximate surface area is 146 Å². The van der Waals surface area contributed by atoms with Crippen LogP contribution in [0.5, 0.6) is 0 Å². The average Bonchev–Trinajstić information content (AvgIpc) is 3.07. The van der Waals surface area contributed by atoms with E-state index in [9.17, 15) is 4.79 Å². The lowest BCUT2D eigenvalue weighted by Gasteiger charge is -2.13. The number of thiazole rings is 1. The third kappa shape index (κ3) is 2.65. The Morgan fingerprint density at radius 1 is 1.39 bits per heavy atom. The number of carbonyl (C=O) groups is 1. The molecule has 7 heteroatoms. The van der Waals surface area contributed by atoms with E-state index in [0.29, 0.717) is 0 Å². The fourth-order valence-electron chi connectivity index (χ4n) is 2.83. The summed E-state index contributed by atoms with van der Waals surface area (Å²) in [7, 11) is 0. The lowest BCUT2D eigenvalue weighted by Crippen LogP contribution is -2.22. The third-order valence-electron chi connectivity index (χ3n) is 3.80. The molecule has 0 fully saturated rings. The van der Waals surface area contributed by atoms with Gasteiger partial charge in [-0.1, -0.05) is 17.7 Å². The molecule has 0 spiro atoms. The molecule has 4 rings (SSSR count). The monoisotopic (exact) mass is 363 g/mol. The van der Waals surface area contributed by atoms with Crippen LogP contribution in [0.4, 0.5) is 5.00 Å². The van der Waals surface area contributed by atoms with Crippen molar-refractivity contribution >= 4 is 55.4 Å². The number of anilines is 1. The average molecular weight is 364 g/mol. The van der Waals surface area contributed by atoms with Crippen LogP contribution in [0.15, 0.2) is 18.2 Å². The van der Waals surface area contributed by atoms with Gasteiger partial charge in [0.15, 0.2) is 0 Å². The minimum Gasteiger partial charge on any atom is -0.317 e. The van der Waals surface area contributed by atoms with Gasteiger partial charge in [-0.2, -0.15) is 0 Å². The molecule has 0 bridgehead atoms. The zero-order chi connectivity index (χ0) is 16.0. The van der Waals surface area contributed by atoms with Gasteiger partial charge in [0.1, 0.15) is 10.0 Å². The number of hydrogen-bond donors (Lipinski definition) is 2. The smallest absolute Gasteiger partial charge is 0.221 e. The van der Waals surface area contributed by atoms with Crippen molar-refractivity contribution in [2.45, 2.75) is 19.9 Å². The van der Waals surface area contributed by atoms with Crippen LogP contribution in [0.2, 0.25) is 5.02 Å². The standard InChI is InChI=1S/C16H14ClN3OS2/c1-8(21)19-15-13(9-5-6-18-7-12(9)22-15)16-20-11-4-2-3-10(17)14(11)23-16/h2-4,18H,5-7H2,1H3,(H,19,21). The molecule has 1 aliphatic heterocycles. The first kappa shape index (κ1) is 15.1. The number of nitrogens with zero attached hydrogens (tertiary/aromatic N) is 1. The first-order chi connectivity index (χ1) is 11.1. The summed E-state index contributed by atoms with van der Waals surface area (Å²) in [5.74, 6) is -0.0584. The van der Waals surface area contributed by atoms with Crippen molar-refractivity contribution < 1.29 is 4.79 Å². The van der Waals surface area contributed by atoms with Gasteiger partial charge in [-0.15, -0.1) is 22.7 Å². The van der Waals surface area contributed by atoms with Crippen molar-refractivity contribution in [3.8, 4) is 10.6 Å². The largest absolute Gasteiger partial charge is 0.317 e. The summed E-state index contributed by atoms with van der Waals surface area (Å²) in [4.78, 5) is 17.6. The maximum atomic E-state index is 11.6. The van der Waals surface area contributed by atoms with Gasteiger partial charge in [0.2, 0.25) is 5.91 Å². The molecule has 3 aromatic rings. The molecule has 23 heavy (non-hydrogen) atoms. The molecule has 1 aliphatic rings. The maximum absolute atomic E-state index is 11.6. The first-order valence-corrected chi connectivity index (χ1v) is 9.33. The van der Waals surface area contributed by atoms with Gasteiger partial charge in [0, 0.05) is 23.9 Å². The number of fused-ring (bicyclic) bond motifs is 2. The molecule has 2 N–H and O–H groups in total. The normalized spacial score (nSPS) is 14.0. The molecule has 1 amide bonds. The molecule has 1 aromatic carbocycles. The Morgan fingerprint density at radius 3 is 3.04 bits per heavy atom. The van der Waals surface area contributed by atoms with Gasteiger partial charge in [-0.05, 0) is 30.7 Å². The third-order valence-corrected chi connectivity index (χ3v) is 6.49. The lowest BCUT2D eigenvalue weighted by molar-refractivity contribution is -0.114. The number of amides is 1. The molecule has 0 saturated carbocycles.